The molecule has 1 aromatic carbocycles. The van der Waals surface area contributed by atoms with Crippen LogP contribution in [-0.4, -0.2) is 25.8 Å². The Balaban J connectivity index is 1.79. The van der Waals surface area contributed by atoms with E-state index in [2.05, 4.69) is 5.32 Å². The number of fused-ring (bicyclic) bond motifs is 1. The summed E-state index contributed by atoms with van der Waals surface area (Å²) in [6.07, 6.45) is 4.29. The van der Waals surface area contributed by atoms with Crippen molar-refractivity contribution < 1.29 is 13.9 Å². The minimum atomic E-state index is -0.250. The molecule has 2 aliphatic rings. The van der Waals surface area contributed by atoms with E-state index in [4.69, 9.17) is 9.47 Å². The van der Waals surface area contributed by atoms with Gasteiger partial charge in [0.05, 0.1) is 0 Å². The first-order valence-corrected chi connectivity index (χ1v) is 6.65. The number of nitrogens with one attached hydrogen (secondary N) is 1. The molecule has 2 heterocycles. The van der Waals surface area contributed by atoms with Crippen LogP contribution in [0.25, 0.3) is 0 Å². The Morgan fingerprint density at radius 3 is 2.94 bits per heavy atom. The van der Waals surface area contributed by atoms with E-state index in [-0.39, 0.29) is 11.6 Å². The first-order chi connectivity index (χ1) is 8.84. The highest BCUT2D eigenvalue weighted by Gasteiger charge is 2.22. The maximum Gasteiger partial charge on any atom is 0.197 e. The summed E-state index contributed by atoms with van der Waals surface area (Å²) in [5.74, 6) is 0.563. The summed E-state index contributed by atoms with van der Waals surface area (Å²) >= 11 is 0. The summed E-state index contributed by atoms with van der Waals surface area (Å²) in [4.78, 5) is 0. The van der Waals surface area contributed by atoms with E-state index in [1.807, 2.05) is 12.1 Å². The lowest BCUT2D eigenvalue weighted by molar-refractivity contribution is 0.164. The van der Waals surface area contributed by atoms with Gasteiger partial charge < -0.3 is 14.8 Å². The van der Waals surface area contributed by atoms with E-state index in [1.165, 1.54) is 12.8 Å². The maximum atomic E-state index is 14.3. The summed E-state index contributed by atoms with van der Waals surface area (Å²) in [5, 5.41) is 3.44. The summed E-state index contributed by atoms with van der Waals surface area (Å²) in [5.41, 5.74) is 0.721. The molecular formula is C14H18FNO2. The predicted molar refractivity (Wildman–Crippen MR) is 66.7 cm³/mol. The molecule has 18 heavy (non-hydrogen) atoms. The van der Waals surface area contributed by atoms with Crippen molar-refractivity contribution >= 4 is 0 Å². The van der Waals surface area contributed by atoms with Crippen LogP contribution in [0.4, 0.5) is 4.39 Å². The third kappa shape index (κ3) is 2.29. The lowest BCUT2D eigenvalue weighted by atomic mass is 9.97. The van der Waals surface area contributed by atoms with Crippen molar-refractivity contribution in [2.45, 2.75) is 31.7 Å². The number of ether oxygens (including phenoxy) is 2. The highest BCUT2D eigenvalue weighted by atomic mass is 19.1. The first kappa shape index (κ1) is 11.8. The molecule has 0 spiro atoms. The topological polar surface area (TPSA) is 30.5 Å². The Kier molecular flexibility index (Phi) is 3.37. The number of hydrogen-bond acceptors (Lipinski definition) is 3. The van der Waals surface area contributed by atoms with Crippen molar-refractivity contribution in [2.75, 3.05) is 19.8 Å². The highest BCUT2D eigenvalue weighted by molar-refractivity contribution is 5.45. The van der Waals surface area contributed by atoms with Gasteiger partial charge in [0.1, 0.15) is 13.2 Å². The summed E-state index contributed by atoms with van der Waals surface area (Å²) in [6.45, 7) is 1.96. The zero-order valence-electron chi connectivity index (χ0n) is 10.4. The Labute approximate surface area is 106 Å². The van der Waals surface area contributed by atoms with Crippen molar-refractivity contribution in [3.05, 3.63) is 23.5 Å². The van der Waals surface area contributed by atoms with Crippen LogP contribution in [0.3, 0.4) is 0 Å². The van der Waals surface area contributed by atoms with Crippen LogP contribution in [0.15, 0.2) is 12.1 Å². The molecule has 0 bridgehead atoms. The molecule has 1 fully saturated rings. The molecule has 0 aliphatic carbocycles. The van der Waals surface area contributed by atoms with Crippen molar-refractivity contribution in [3.8, 4) is 11.5 Å². The first-order valence-electron chi connectivity index (χ1n) is 6.65. The van der Waals surface area contributed by atoms with Gasteiger partial charge in [-0.15, -0.1) is 0 Å². The van der Waals surface area contributed by atoms with Crippen LogP contribution in [0, 0.1) is 5.82 Å². The smallest absolute Gasteiger partial charge is 0.197 e. The van der Waals surface area contributed by atoms with Gasteiger partial charge in [-0.25, -0.2) is 4.39 Å². The van der Waals surface area contributed by atoms with Crippen molar-refractivity contribution in [3.63, 3.8) is 0 Å². The number of benzene rings is 1. The monoisotopic (exact) mass is 251 g/mol. The summed E-state index contributed by atoms with van der Waals surface area (Å²) in [6, 6.07) is 4.02. The van der Waals surface area contributed by atoms with Crippen molar-refractivity contribution in [1.29, 1.82) is 0 Å². The van der Waals surface area contributed by atoms with E-state index in [0.717, 1.165) is 24.9 Å². The molecule has 4 heteroatoms. The van der Waals surface area contributed by atoms with Crippen LogP contribution in [0.5, 0.6) is 11.5 Å². The molecule has 3 nitrogen and oxygen atoms in total. The van der Waals surface area contributed by atoms with Gasteiger partial charge in [0.2, 0.25) is 0 Å². The third-order valence-corrected chi connectivity index (χ3v) is 3.61. The second-order valence-electron chi connectivity index (χ2n) is 4.91. The molecule has 0 radical (unpaired) electrons. The minimum absolute atomic E-state index is 0.250. The Bertz CT molecular complexity index is 430. The maximum absolute atomic E-state index is 14.3. The lowest BCUT2D eigenvalue weighted by Gasteiger charge is -2.25. The zero-order valence-corrected chi connectivity index (χ0v) is 10.4. The predicted octanol–water partition coefficient (Wildman–Crippen LogP) is 2.28. The highest BCUT2D eigenvalue weighted by Crippen LogP contribution is 2.35. The molecule has 0 amide bonds. The third-order valence-electron chi connectivity index (χ3n) is 3.61. The fourth-order valence-electron chi connectivity index (χ4n) is 2.64. The molecular weight excluding hydrogens is 233 g/mol. The molecule has 3 rings (SSSR count). The largest absolute Gasteiger partial charge is 0.486 e. The van der Waals surface area contributed by atoms with Gasteiger partial charge in [-0.05, 0) is 37.4 Å². The summed E-state index contributed by atoms with van der Waals surface area (Å²) < 4.78 is 25.0. The van der Waals surface area contributed by atoms with Gasteiger partial charge in [-0.2, -0.15) is 0 Å². The quantitative estimate of drug-likeness (QED) is 0.874. The van der Waals surface area contributed by atoms with Crippen LogP contribution in [0.2, 0.25) is 0 Å². The Hall–Kier alpha value is -1.29. The van der Waals surface area contributed by atoms with E-state index in [0.29, 0.717) is 25.0 Å². The SMILES string of the molecule is Fc1c(CC2CCCCN2)ccc2c1OCCO2. The molecule has 1 aromatic rings. The second kappa shape index (κ2) is 5.14. The van der Waals surface area contributed by atoms with E-state index in [9.17, 15) is 4.39 Å². The number of halogens is 1. The lowest BCUT2D eigenvalue weighted by Crippen LogP contribution is -2.35. The molecule has 2 aliphatic heterocycles. The second-order valence-corrected chi connectivity index (χ2v) is 4.91. The number of piperidine rings is 1. The van der Waals surface area contributed by atoms with E-state index >= 15 is 0 Å². The van der Waals surface area contributed by atoms with Gasteiger partial charge in [0, 0.05) is 6.04 Å². The van der Waals surface area contributed by atoms with Gasteiger partial charge >= 0.3 is 0 Å². The molecule has 1 saturated heterocycles. The van der Waals surface area contributed by atoms with Gasteiger partial charge in [-0.1, -0.05) is 12.5 Å². The number of rotatable bonds is 2. The number of hydrogen-bond donors (Lipinski definition) is 1. The van der Waals surface area contributed by atoms with Crippen LogP contribution < -0.4 is 14.8 Å². The average Bonchev–Trinajstić information content (AvgIpc) is 2.43. The Morgan fingerprint density at radius 2 is 2.11 bits per heavy atom. The van der Waals surface area contributed by atoms with Gasteiger partial charge in [-0.3, -0.25) is 0 Å². The normalized spacial score (nSPS) is 22.8. The minimum Gasteiger partial charge on any atom is -0.486 e. The van der Waals surface area contributed by atoms with E-state index < -0.39 is 0 Å². The fraction of sp³-hybridized carbons (Fsp3) is 0.571. The van der Waals surface area contributed by atoms with Crippen molar-refractivity contribution in [2.24, 2.45) is 0 Å². The van der Waals surface area contributed by atoms with E-state index in [1.54, 1.807) is 0 Å². The fourth-order valence-corrected chi connectivity index (χ4v) is 2.64. The molecule has 0 saturated carbocycles. The van der Waals surface area contributed by atoms with Crippen LogP contribution in [0.1, 0.15) is 24.8 Å². The molecule has 98 valence electrons. The molecule has 1 atom stereocenters. The average molecular weight is 251 g/mol. The van der Waals surface area contributed by atoms with Gasteiger partial charge in [0.25, 0.3) is 0 Å². The zero-order chi connectivity index (χ0) is 12.4. The molecule has 1 unspecified atom stereocenters. The van der Waals surface area contributed by atoms with Crippen LogP contribution >= 0.6 is 0 Å². The molecule has 1 N–H and O–H groups in total. The van der Waals surface area contributed by atoms with Gasteiger partial charge in [0.15, 0.2) is 17.3 Å². The molecule has 0 aromatic heterocycles. The Morgan fingerprint density at radius 1 is 1.22 bits per heavy atom. The van der Waals surface area contributed by atoms with Crippen LogP contribution in [-0.2, 0) is 6.42 Å². The standard InChI is InChI=1S/C14H18FNO2/c15-13-10(9-11-3-1-2-6-16-11)4-5-12-14(13)18-8-7-17-12/h4-5,11,16H,1-3,6-9H2. The van der Waals surface area contributed by atoms with Crippen molar-refractivity contribution in [1.82, 2.24) is 5.32 Å². The summed E-state index contributed by atoms with van der Waals surface area (Å²) in [7, 11) is 0.